The highest BCUT2D eigenvalue weighted by atomic mass is 32.1. The number of unbranched alkanes of at least 4 members (excludes halogenated alkanes) is 6. The summed E-state index contributed by atoms with van der Waals surface area (Å²) in [6, 6.07) is 9.91. The number of nitrogens with zero attached hydrogens (tertiary/aromatic N) is 1. The van der Waals surface area contributed by atoms with Crippen LogP contribution in [0.4, 0.5) is 5.13 Å². The molecule has 4 nitrogen and oxygen atoms in total. The van der Waals surface area contributed by atoms with Gasteiger partial charge in [-0.1, -0.05) is 45.4 Å². The number of carbonyl (C=O) groups is 1. The zero-order chi connectivity index (χ0) is 22.6. The molecule has 0 aliphatic rings. The lowest BCUT2D eigenvalue weighted by molar-refractivity contribution is -0.111. The number of methoxy groups -OCH3 is 1. The zero-order valence-electron chi connectivity index (χ0n) is 18.9. The molecule has 0 aliphatic heterocycles. The Bertz CT molecular complexity index is 989. The number of anilines is 1. The van der Waals surface area contributed by atoms with Gasteiger partial charge in [-0.05, 0) is 60.2 Å². The lowest BCUT2D eigenvalue weighted by Crippen LogP contribution is -2.07. The van der Waals surface area contributed by atoms with E-state index in [1.165, 1.54) is 61.8 Å². The Kier molecular flexibility index (Phi) is 9.98. The molecule has 0 unspecified atom stereocenters. The number of amides is 1. The summed E-state index contributed by atoms with van der Waals surface area (Å²) >= 11 is 3.11. The second-order valence-corrected chi connectivity index (χ2v) is 9.62. The minimum atomic E-state index is -0.164. The quantitative estimate of drug-likeness (QED) is 0.205. The van der Waals surface area contributed by atoms with Crippen LogP contribution in [0.5, 0.6) is 5.75 Å². The van der Waals surface area contributed by atoms with Crippen LogP contribution in [0.25, 0.3) is 17.3 Å². The van der Waals surface area contributed by atoms with Crippen molar-refractivity contribution in [2.75, 3.05) is 12.4 Å². The standard InChI is InChI=1S/C26H32N2O2S2/c1-3-4-5-6-7-8-9-10-20-17-23(31-18-20)15-16-25(29)28-26-27-24(19-32-26)21-11-13-22(30-2)14-12-21/h11-19H,3-10H2,1-2H3,(H,27,28,29). The third kappa shape index (κ3) is 7.92. The summed E-state index contributed by atoms with van der Waals surface area (Å²) in [6.07, 6.45) is 13.9. The van der Waals surface area contributed by atoms with E-state index in [0.717, 1.165) is 28.3 Å². The maximum atomic E-state index is 12.3. The number of ether oxygens (including phenoxy) is 1. The number of thiophene rings is 1. The Hall–Kier alpha value is -2.44. The van der Waals surface area contributed by atoms with Gasteiger partial charge in [0.05, 0.1) is 12.8 Å². The van der Waals surface area contributed by atoms with Crippen molar-refractivity contribution in [3.8, 4) is 17.0 Å². The van der Waals surface area contributed by atoms with E-state index >= 15 is 0 Å². The lowest BCUT2D eigenvalue weighted by Gasteiger charge is -2.00. The van der Waals surface area contributed by atoms with E-state index < -0.39 is 0 Å². The normalized spacial score (nSPS) is 11.2. The molecule has 0 fully saturated rings. The molecule has 0 saturated heterocycles. The van der Waals surface area contributed by atoms with Crippen molar-refractivity contribution in [2.24, 2.45) is 0 Å². The van der Waals surface area contributed by atoms with E-state index in [1.807, 2.05) is 35.7 Å². The molecule has 1 N–H and O–H groups in total. The van der Waals surface area contributed by atoms with Crippen molar-refractivity contribution in [2.45, 2.75) is 58.3 Å². The number of thiazole rings is 1. The van der Waals surface area contributed by atoms with E-state index in [0.29, 0.717) is 5.13 Å². The SMILES string of the molecule is CCCCCCCCCc1csc(C=CC(=O)Nc2nc(-c3ccc(OC)cc3)cs2)c1. The van der Waals surface area contributed by atoms with Crippen molar-refractivity contribution in [3.63, 3.8) is 0 Å². The average Bonchev–Trinajstić information content (AvgIpc) is 3.47. The molecule has 3 aromatic rings. The molecule has 0 spiro atoms. The van der Waals surface area contributed by atoms with Gasteiger partial charge >= 0.3 is 0 Å². The van der Waals surface area contributed by atoms with Crippen LogP contribution in [-0.2, 0) is 11.2 Å². The topological polar surface area (TPSA) is 51.2 Å². The highest BCUT2D eigenvalue weighted by Gasteiger charge is 2.07. The number of aromatic nitrogens is 1. The molecule has 0 radical (unpaired) electrons. The Morgan fingerprint density at radius 1 is 1.03 bits per heavy atom. The van der Waals surface area contributed by atoms with E-state index in [9.17, 15) is 4.79 Å². The van der Waals surface area contributed by atoms with Crippen molar-refractivity contribution < 1.29 is 9.53 Å². The average molecular weight is 469 g/mol. The first kappa shape index (κ1) is 24.2. The van der Waals surface area contributed by atoms with Crippen molar-refractivity contribution in [3.05, 3.63) is 57.6 Å². The minimum Gasteiger partial charge on any atom is -0.497 e. The number of aryl methyl sites for hydroxylation is 1. The maximum absolute atomic E-state index is 12.3. The van der Waals surface area contributed by atoms with Crippen molar-refractivity contribution in [1.82, 2.24) is 4.98 Å². The largest absolute Gasteiger partial charge is 0.497 e. The smallest absolute Gasteiger partial charge is 0.250 e. The van der Waals surface area contributed by atoms with Gasteiger partial charge in [0.25, 0.3) is 0 Å². The van der Waals surface area contributed by atoms with Gasteiger partial charge in [-0.3, -0.25) is 10.1 Å². The van der Waals surface area contributed by atoms with E-state index in [4.69, 9.17) is 4.74 Å². The highest BCUT2D eigenvalue weighted by molar-refractivity contribution is 7.14. The molecule has 0 atom stereocenters. The molecular weight excluding hydrogens is 436 g/mol. The molecule has 1 aromatic carbocycles. The van der Waals surface area contributed by atoms with Crippen LogP contribution in [-0.4, -0.2) is 18.0 Å². The Morgan fingerprint density at radius 2 is 1.78 bits per heavy atom. The number of benzene rings is 1. The summed E-state index contributed by atoms with van der Waals surface area (Å²) in [4.78, 5) is 17.9. The maximum Gasteiger partial charge on any atom is 0.250 e. The molecule has 170 valence electrons. The van der Waals surface area contributed by atoms with E-state index in [1.54, 1.807) is 24.5 Å². The summed E-state index contributed by atoms with van der Waals surface area (Å²) in [5.41, 5.74) is 3.20. The van der Waals surface area contributed by atoms with Crippen LogP contribution < -0.4 is 10.1 Å². The fraction of sp³-hybridized carbons (Fsp3) is 0.385. The van der Waals surface area contributed by atoms with Gasteiger partial charge in [-0.2, -0.15) is 0 Å². The van der Waals surface area contributed by atoms with Gasteiger partial charge in [0, 0.05) is 21.9 Å². The minimum absolute atomic E-state index is 0.164. The predicted octanol–water partition coefficient (Wildman–Crippen LogP) is 7.83. The molecule has 2 heterocycles. The summed E-state index contributed by atoms with van der Waals surface area (Å²) in [5.74, 6) is 0.643. The number of carbonyl (C=O) groups excluding carboxylic acids is 1. The molecule has 6 heteroatoms. The van der Waals surface area contributed by atoms with Gasteiger partial charge < -0.3 is 4.74 Å². The number of hydrogen-bond donors (Lipinski definition) is 1. The number of nitrogens with one attached hydrogen (secondary N) is 1. The highest BCUT2D eigenvalue weighted by Crippen LogP contribution is 2.26. The van der Waals surface area contributed by atoms with Crippen LogP contribution in [0.3, 0.4) is 0 Å². The Labute approximate surface area is 199 Å². The molecule has 32 heavy (non-hydrogen) atoms. The van der Waals surface area contributed by atoms with Gasteiger partial charge in [-0.15, -0.1) is 22.7 Å². The molecule has 0 aliphatic carbocycles. The van der Waals surface area contributed by atoms with Crippen molar-refractivity contribution >= 4 is 39.8 Å². The fourth-order valence-electron chi connectivity index (χ4n) is 3.43. The molecule has 2 aromatic heterocycles. The molecule has 0 bridgehead atoms. The molecular formula is C26H32N2O2S2. The number of rotatable bonds is 13. The second kappa shape index (κ2) is 13.2. The van der Waals surface area contributed by atoms with Gasteiger partial charge in [0.2, 0.25) is 5.91 Å². The third-order valence-corrected chi connectivity index (χ3v) is 6.97. The molecule has 3 rings (SSSR count). The first-order valence-electron chi connectivity index (χ1n) is 11.3. The fourth-order valence-corrected chi connectivity index (χ4v) is 4.99. The Morgan fingerprint density at radius 3 is 2.53 bits per heavy atom. The summed E-state index contributed by atoms with van der Waals surface area (Å²) < 4.78 is 5.19. The van der Waals surface area contributed by atoms with E-state index in [-0.39, 0.29) is 5.91 Å². The second-order valence-electron chi connectivity index (χ2n) is 7.82. The van der Waals surface area contributed by atoms with Crippen LogP contribution in [0.1, 0.15) is 62.3 Å². The van der Waals surface area contributed by atoms with Gasteiger partial charge in [0.1, 0.15) is 5.75 Å². The van der Waals surface area contributed by atoms with Crippen molar-refractivity contribution in [1.29, 1.82) is 0 Å². The van der Waals surface area contributed by atoms with Gasteiger partial charge in [-0.25, -0.2) is 4.98 Å². The monoisotopic (exact) mass is 468 g/mol. The third-order valence-electron chi connectivity index (χ3n) is 5.26. The van der Waals surface area contributed by atoms with Crippen LogP contribution >= 0.6 is 22.7 Å². The molecule has 1 amide bonds. The number of hydrogen-bond acceptors (Lipinski definition) is 5. The Balaban J connectivity index is 1.42. The van der Waals surface area contributed by atoms with Crippen LogP contribution in [0.2, 0.25) is 0 Å². The van der Waals surface area contributed by atoms with E-state index in [2.05, 4.69) is 28.7 Å². The first-order valence-corrected chi connectivity index (χ1v) is 13.1. The lowest BCUT2D eigenvalue weighted by atomic mass is 10.1. The van der Waals surface area contributed by atoms with Crippen LogP contribution in [0.15, 0.2) is 47.2 Å². The van der Waals surface area contributed by atoms with Gasteiger partial charge in [0.15, 0.2) is 5.13 Å². The summed E-state index contributed by atoms with van der Waals surface area (Å²) in [6.45, 7) is 2.26. The van der Waals surface area contributed by atoms with Crippen LogP contribution in [0, 0.1) is 0 Å². The summed E-state index contributed by atoms with van der Waals surface area (Å²) in [5, 5.41) is 7.60. The summed E-state index contributed by atoms with van der Waals surface area (Å²) in [7, 11) is 1.65. The zero-order valence-corrected chi connectivity index (χ0v) is 20.6. The molecule has 0 saturated carbocycles. The first-order chi connectivity index (χ1) is 15.7. The predicted molar refractivity (Wildman–Crippen MR) is 138 cm³/mol.